The third-order valence-electron chi connectivity index (χ3n) is 2.62. The molecule has 4 heteroatoms. The summed E-state index contributed by atoms with van der Waals surface area (Å²) in [5.74, 6) is 0. The predicted molar refractivity (Wildman–Crippen MR) is 67.8 cm³/mol. The zero-order valence-electron chi connectivity index (χ0n) is 10.3. The molecule has 2 heterocycles. The maximum Gasteiger partial charge on any atom is 0.0806 e. The lowest BCUT2D eigenvalue weighted by atomic mass is 10.2. The smallest absolute Gasteiger partial charge is 0.0806 e. The van der Waals surface area contributed by atoms with Crippen LogP contribution < -0.4 is 5.32 Å². The van der Waals surface area contributed by atoms with Gasteiger partial charge in [0, 0.05) is 18.1 Å². The molecule has 2 rings (SSSR count). The van der Waals surface area contributed by atoms with Crippen LogP contribution in [0.2, 0.25) is 0 Å². The van der Waals surface area contributed by atoms with Gasteiger partial charge in [-0.2, -0.15) is 0 Å². The quantitative estimate of drug-likeness (QED) is 0.877. The normalized spacial score (nSPS) is 12.2. The standard InChI is InChI=1S/C13H16N4/c1-9-4-5-12(10(2)16-9)17-11(3)13-8-14-6-7-15-13/h4-8,11,17H,1-3H3. The Morgan fingerprint density at radius 2 is 2.00 bits per heavy atom. The molecule has 0 bridgehead atoms. The number of hydrogen-bond acceptors (Lipinski definition) is 4. The van der Waals surface area contributed by atoms with E-state index < -0.39 is 0 Å². The van der Waals surface area contributed by atoms with E-state index >= 15 is 0 Å². The Kier molecular flexibility index (Phi) is 3.32. The number of aryl methyl sites for hydroxylation is 2. The molecule has 2 aromatic rings. The number of anilines is 1. The molecule has 0 radical (unpaired) electrons. The molecular formula is C13H16N4. The SMILES string of the molecule is Cc1ccc(NC(C)c2cnccn2)c(C)n1. The van der Waals surface area contributed by atoms with Gasteiger partial charge in [0.2, 0.25) is 0 Å². The number of nitrogens with zero attached hydrogens (tertiary/aromatic N) is 3. The Morgan fingerprint density at radius 1 is 1.18 bits per heavy atom. The van der Waals surface area contributed by atoms with Crippen molar-refractivity contribution in [1.82, 2.24) is 15.0 Å². The van der Waals surface area contributed by atoms with Crippen LogP contribution in [0.4, 0.5) is 5.69 Å². The van der Waals surface area contributed by atoms with Crippen LogP contribution in [0.5, 0.6) is 0 Å². The second-order valence-corrected chi connectivity index (χ2v) is 4.08. The summed E-state index contributed by atoms with van der Waals surface area (Å²) in [5.41, 5.74) is 3.99. The zero-order valence-corrected chi connectivity index (χ0v) is 10.3. The molecule has 1 atom stereocenters. The Hall–Kier alpha value is -1.97. The summed E-state index contributed by atoms with van der Waals surface area (Å²) < 4.78 is 0. The number of hydrogen-bond donors (Lipinski definition) is 1. The number of pyridine rings is 1. The molecule has 1 N–H and O–H groups in total. The maximum atomic E-state index is 4.42. The third kappa shape index (κ3) is 2.78. The Bertz CT molecular complexity index is 496. The van der Waals surface area contributed by atoms with Gasteiger partial charge in [-0.05, 0) is 32.9 Å². The third-order valence-corrected chi connectivity index (χ3v) is 2.62. The van der Waals surface area contributed by atoms with Crippen LogP contribution in [-0.4, -0.2) is 15.0 Å². The molecule has 1 unspecified atom stereocenters. The van der Waals surface area contributed by atoms with Gasteiger partial charge in [0.15, 0.2) is 0 Å². The van der Waals surface area contributed by atoms with Gasteiger partial charge in [0.1, 0.15) is 0 Å². The van der Waals surface area contributed by atoms with Gasteiger partial charge in [-0.15, -0.1) is 0 Å². The van der Waals surface area contributed by atoms with Crippen molar-refractivity contribution in [2.24, 2.45) is 0 Å². The van der Waals surface area contributed by atoms with Crippen LogP contribution in [0, 0.1) is 13.8 Å². The molecule has 0 aliphatic carbocycles. The molecule has 0 saturated heterocycles. The highest BCUT2D eigenvalue weighted by Crippen LogP contribution is 2.19. The topological polar surface area (TPSA) is 50.7 Å². The molecule has 0 aliphatic rings. The fourth-order valence-electron chi connectivity index (χ4n) is 1.68. The van der Waals surface area contributed by atoms with Crippen LogP contribution in [0.3, 0.4) is 0 Å². The second kappa shape index (κ2) is 4.91. The van der Waals surface area contributed by atoms with Crippen LogP contribution in [0.1, 0.15) is 30.0 Å². The van der Waals surface area contributed by atoms with Gasteiger partial charge in [-0.3, -0.25) is 15.0 Å². The summed E-state index contributed by atoms with van der Waals surface area (Å²) >= 11 is 0. The Labute approximate surface area is 101 Å². The average molecular weight is 228 g/mol. The van der Waals surface area contributed by atoms with Crippen molar-refractivity contribution in [1.29, 1.82) is 0 Å². The van der Waals surface area contributed by atoms with Gasteiger partial charge in [-0.1, -0.05) is 0 Å². The Balaban J connectivity index is 2.16. The fourth-order valence-corrected chi connectivity index (χ4v) is 1.68. The first-order valence-corrected chi connectivity index (χ1v) is 5.63. The number of rotatable bonds is 3. The minimum absolute atomic E-state index is 0.118. The van der Waals surface area contributed by atoms with E-state index in [9.17, 15) is 0 Å². The number of nitrogens with one attached hydrogen (secondary N) is 1. The first-order valence-electron chi connectivity index (χ1n) is 5.63. The minimum atomic E-state index is 0.118. The molecule has 0 fully saturated rings. The van der Waals surface area contributed by atoms with E-state index in [4.69, 9.17) is 0 Å². The summed E-state index contributed by atoms with van der Waals surface area (Å²) in [6.45, 7) is 6.05. The molecule has 0 amide bonds. The van der Waals surface area contributed by atoms with Crippen molar-refractivity contribution in [2.75, 3.05) is 5.32 Å². The van der Waals surface area contributed by atoms with E-state index in [1.807, 2.05) is 26.0 Å². The lowest BCUT2D eigenvalue weighted by Crippen LogP contribution is -2.10. The van der Waals surface area contributed by atoms with Crippen LogP contribution >= 0.6 is 0 Å². The van der Waals surface area contributed by atoms with Crippen molar-refractivity contribution >= 4 is 5.69 Å². The minimum Gasteiger partial charge on any atom is -0.375 e. The molecule has 88 valence electrons. The summed E-state index contributed by atoms with van der Waals surface area (Å²) in [6.07, 6.45) is 5.15. The van der Waals surface area contributed by atoms with Gasteiger partial charge >= 0.3 is 0 Å². The predicted octanol–water partition coefficient (Wildman–Crippen LogP) is 2.66. The van der Waals surface area contributed by atoms with Crippen molar-refractivity contribution in [3.63, 3.8) is 0 Å². The fraction of sp³-hybridized carbons (Fsp3) is 0.308. The van der Waals surface area contributed by atoms with E-state index in [1.54, 1.807) is 18.6 Å². The van der Waals surface area contributed by atoms with Gasteiger partial charge in [-0.25, -0.2) is 0 Å². The summed E-state index contributed by atoms with van der Waals surface area (Å²) in [6, 6.07) is 4.16. The summed E-state index contributed by atoms with van der Waals surface area (Å²) in [7, 11) is 0. The monoisotopic (exact) mass is 228 g/mol. The van der Waals surface area contributed by atoms with E-state index in [1.165, 1.54) is 0 Å². The highest BCUT2D eigenvalue weighted by atomic mass is 15.0. The van der Waals surface area contributed by atoms with Crippen molar-refractivity contribution in [3.05, 3.63) is 47.8 Å². The number of aromatic nitrogens is 3. The first kappa shape index (κ1) is 11.5. The largest absolute Gasteiger partial charge is 0.375 e. The summed E-state index contributed by atoms with van der Waals surface area (Å²) in [4.78, 5) is 12.8. The average Bonchev–Trinajstić information content (AvgIpc) is 2.34. The maximum absolute atomic E-state index is 4.42. The van der Waals surface area contributed by atoms with Crippen LogP contribution in [-0.2, 0) is 0 Å². The first-order chi connectivity index (χ1) is 8.16. The molecule has 0 saturated carbocycles. The van der Waals surface area contributed by atoms with E-state index in [0.717, 1.165) is 22.8 Å². The van der Waals surface area contributed by atoms with E-state index in [2.05, 4.69) is 27.2 Å². The van der Waals surface area contributed by atoms with Crippen molar-refractivity contribution in [3.8, 4) is 0 Å². The lowest BCUT2D eigenvalue weighted by Gasteiger charge is -2.15. The molecule has 17 heavy (non-hydrogen) atoms. The van der Waals surface area contributed by atoms with Crippen molar-refractivity contribution < 1.29 is 0 Å². The molecule has 0 aliphatic heterocycles. The van der Waals surface area contributed by atoms with Crippen LogP contribution in [0.25, 0.3) is 0 Å². The van der Waals surface area contributed by atoms with Gasteiger partial charge in [0.25, 0.3) is 0 Å². The second-order valence-electron chi connectivity index (χ2n) is 4.08. The zero-order chi connectivity index (χ0) is 12.3. The lowest BCUT2D eigenvalue weighted by molar-refractivity contribution is 0.823. The highest BCUT2D eigenvalue weighted by molar-refractivity contribution is 5.48. The van der Waals surface area contributed by atoms with E-state index in [-0.39, 0.29) is 6.04 Å². The summed E-state index contributed by atoms with van der Waals surface area (Å²) in [5, 5.41) is 3.39. The highest BCUT2D eigenvalue weighted by Gasteiger charge is 2.08. The molecule has 0 spiro atoms. The molecular weight excluding hydrogens is 212 g/mol. The van der Waals surface area contributed by atoms with E-state index in [0.29, 0.717) is 0 Å². The molecule has 0 aromatic carbocycles. The Morgan fingerprint density at radius 3 is 2.65 bits per heavy atom. The van der Waals surface area contributed by atoms with Crippen molar-refractivity contribution in [2.45, 2.75) is 26.8 Å². The van der Waals surface area contributed by atoms with Crippen LogP contribution in [0.15, 0.2) is 30.7 Å². The van der Waals surface area contributed by atoms with Gasteiger partial charge < -0.3 is 5.32 Å². The van der Waals surface area contributed by atoms with Gasteiger partial charge in [0.05, 0.1) is 29.3 Å². The molecule has 4 nitrogen and oxygen atoms in total. The molecule has 2 aromatic heterocycles.